The van der Waals surface area contributed by atoms with Crippen LogP contribution in [-0.2, 0) is 35.3 Å². The lowest BCUT2D eigenvalue weighted by Crippen LogP contribution is -2.50. The molecule has 2 aromatic rings. The Balaban J connectivity index is 0.000000206. The van der Waals surface area contributed by atoms with Crippen LogP contribution in [0.5, 0.6) is 28.7 Å². The first-order valence-electron chi connectivity index (χ1n) is 19.1. The summed E-state index contributed by atoms with van der Waals surface area (Å²) >= 11 is 0. The number of ketones is 1. The number of aldehydes is 1. The van der Waals surface area contributed by atoms with Crippen molar-refractivity contribution in [1.29, 1.82) is 0 Å². The molecule has 6 atom stereocenters. The topological polar surface area (TPSA) is 237 Å². The maximum absolute atomic E-state index is 12.9. The fourth-order valence-corrected chi connectivity index (χ4v) is 10.1. The van der Waals surface area contributed by atoms with Crippen molar-refractivity contribution in [2.45, 2.75) is 98.7 Å². The van der Waals surface area contributed by atoms with Crippen LogP contribution in [0.1, 0.15) is 120 Å². The maximum Gasteiger partial charge on any atom is 0.347 e. The van der Waals surface area contributed by atoms with Crippen LogP contribution < -0.4 is 9.47 Å². The number of phenols is 2. The smallest absolute Gasteiger partial charge is 0.347 e. The fourth-order valence-electron chi connectivity index (χ4n) is 10.1. The van der Waals surface area contributed by atoms with Crippen molar-refractivity contribution in [2.24, 2.45) is 28.6 Å². The van der Waals surface area contributed by atoms with Crippen molar-refractivity contribution in [3.63, 3.8) is 0 Å². The Morgan fingerprint density at radius 2 is 1.62 bits per heavy atom. The number of Topliss-reactive ketones (excluding diaryl/α,β-unsaturated/α-hetero) is 1. The lowest BCUT2D eigenvalue weighted by Gasteiger charge is -2.56. The van der Waals surface area contributed by atoms with Crippen molar-refractivity contribution in [3.05, 3.63) is 63.2 Å². The van der Waals surface area contributed by atoms with Gasteiger partial charge in [0, 0.05) is 42.9 Å². The number of allylic oxidation sites excluding steroid dienone is 1. The van der Waals surface area contributed by atoms with Crippen LogP contribution in [0.2, 0.25) is 0 Å². The van der Waals surface area contributed by atoms with E-state index in [-0.39, 0.29) is 51.6 Å². The summed E-state index contributed by atoms with van der Waals surface area (Å²) in [6.07, 6.45) is 12.1. The number of carboxylic acid groups (broad SMARTS) is 2. The van der Waals surface area contributed by atoms with Gasteiger partial charge in [0.15, 0.2) is 23.5 Å². The van der Waals surface area contributed by atoms with E-state index in [0.29, 0.717) is 35.7 Å². The van der Waals surface area contributed by atoms with Gasteiger partial charge in [-0.2, -0.15) is 0 Å². The zero-order valence-corrected chi connectivity index (χ0v) is 32.8. The predicted octanol–water partition coefficient (Wildman–Crippen LogP) is 6.68. The third kappa shape index (κ3) is 7.33. The minimum atomic E-state index is -1.60. The molecule has 5 aliphatic rings. The molecule has 3 saturated carbocycles. The average molecular weight is 803 g/mol. The molecule has 1 aliphatic heterocycles. The van der Waals surface area contributed by atoms with Gasteiger partial charge in [0.25, 0.3) is 0 Å². The monoisotopic (exact) mass is 802 g/mol. The Hall–Kier alpha value is -5.99. The normalized spacial score (nSPS) is 26.7. The molecule has 0 bridgehead atoms. The van der Waals surface area contributed by atoms with Gasteiger partial charge in [-0.15, -0.1) is 0 Å². The SMILES string of the molecule is CC(=O)OC1CCC2(C)C(=CCC3C4CCC(=O)C4(C)CCC32)C1.Cc1cc(O)c(C=O)c2c1C(=O)Oc1c(COC(=O)C=CC(=O)O)c(O)c(C(=O)O)c(C)c1O2. The number of esters is 3. The number of aryl methyl sites for hydroxylation is 1. The van der Waals surface area contributed by atoms with Crippen LogP contribution in [0.3, 0.4) is 0 Å². The van der Waals surface area contributed by atoms with E-state index in [0.717, 1.165) is 51.0 Å². The second kappa shape index (κ2) is 15.7. The summed E-state index contributed by atoms with van der Waals surface area (Å²) in [5, 5.41) is 38.9. The van der Waals surface area contributed by atoms with Crippen LogP contribution in [0.15, 0.2) is 29.9 Å². The van der Waals surface area contributed by atoms with Crippen molar-refractivity contribution in [3.8, 4) is 28.7 Å². The minimum absolute atomic E-state index is 0.0438. The molecule has 0 amide bonds. The summed E-state index contributed by atoms with van der Waals surface area (Å²) in [6, 6.07) is 1.13. The number of aromatic carboxylic acids is 1. The molecule has 58 heavy (non-hydrogen) atoms. The summed E-state index contributed by atoms with van der Waals surface area (Å²) in [5.41, 5.74) is -0.0670. The van der Waals surface area contributed by atoms with Crippen LogP contribution in [0.4, 0.5) is 0 Å². The predicted molar refractivity (Wildman–Crippen MR) is 202 cm³/mol. The largest absolute Gasteiger partial charge is 0.507 e. The number of hydrogen-bond donors (Lipinski definition) is 4. The number of carbonyl (C=O) groups is 7. The third-order valence-corrected chi connectivity index (χ3v) is 13.0. The highest BCUT2D eigenvalue weighted by molar-refractivity contribution is 6.03. The highest BCUT2D eigenvalue weighted by Crippen LogP contribution is 2.64. The molecule has 6 unspecified atom stereocenters. The zero-order valence-electron chi connectivity index (χ0n) is 32.8. The molecule has 15 heteroatoms. The van der Waals surface area contributed by atoms with Gasteiger partial charge in [0.2, 0.25) is 0 Å². The Kier molecular flexibility index (Phi) is 11.3. The van der Waals surface area contributed by atoms with Gasteiger partial charge in [0.05, 0.1) is 11.1 Å². The molecule has 15 nitrogen and oxygen atoms in total. The summed E-state index contributed by atoms with van der Waals surface area (Å²) in [6.45, 7) is 8.02. The molecule has 0 radical (unpaired) electrons. The molecular weight excluding hydrogens is 756 g/mol. The second-order valence-electron chi connectivity index (χ2n) is 16.2. The second-order valence-corrected chi connectivity index (χ2v) is 16.2. The van der Waals surface area contributed by atoms with E-state index in [9.17, 15) is 48.9 Å². The zero-order chi connectivity index (χ0) is 42.4. The van der Waals surface area contributed by atoms with Crippen molar-refractivity contribution in [2.75, 3.05) is 0 Å². The number of ether oxygens (including phenoxy) is 4. The lowest BCUT2D eigenvalue weighted by molar-refractivity contribution is -0.148. The van der Waals surface area contributed by atoms with Gasteiger partial charge in [0.1, 0.15) is 41.1 Å². The molecule has 4 aliphatic carbocycles. The Labute approximate surface area is 333 Å². The molecule has 7 rings (SSSR count). The summed E-state index contributed by atoms with van der Waals surface area (Å²) in [4.78, 5) is 82.4. The quantitative estimate of drug-likeness (QED) is 0.0751. The summed E-state index contributed by atoms with van der Waals surface area (Å²) < 4.78 is 21.4. The maximum atomic E-state index is 12.9. The van der Waals surface area contributed by atoms with Crippen LogP contribution >= 0.6 is 0 Å². The number of aliphatic carboxylic acids is 1. The molecule has 1 heterocycles. The molecule has 308 valence electrons. The number of fused-ring (bicyclic) bond motifs is 7. The van der Waals surface area contributed by atoms with E-state index in [4.69, 9.17) is 24.1 Å². The Bertz CT molecular complexity index is 2200. The number of hydrogen-bond acceptors (Lipinski definition) is 13. The number of benzene rings is 2. The Morgan fingerprint density at radius 1 is 0.931 bits per heavy atom. The van der Waals surface area contributed by atoms with E-state index >= 15 is 0 Å². The van der Waals surface area contributed by atoms with Crippen molar-refractivity contribution >= 4 is 41.9 Å². The lowest BCUT2D eigenvalue weighted by atomic mass is 9.48. The Morgan fingerprint density at radius 3 is 2.28 bits per heavy atom. The minimum Gasteiger partial charge on any atom is -0.507 e. The number of carbonyl (C=O) groups excluding carboxylic acids is 5. The first-order chi connectivity index (χ1) is 27.3. The molecule has 0 aromatic heterocycles. The number of carboxylic acids is 2. The van der Waals surface area contributed by atoms with E-state index in [1.807, 2.05) is 0 Å². The van der Waals surface area contributed by atoms with Gasteiger partial charge in [-0.1, -0.05) is 25.5 Å². The van der Waals surface area contributed by atoms with Gasteiger partial charge >= 0.3 is 29.8 Å². The van der Waals surface area contributed by atoms with E-state index in [1.54, 1.807) is 0 Å². The van der Waals surface area contributed by atoms with E-state index < -0.39 is 70.2 Å². The van der Waals surface area contributed by atoms with Gasteiger partial charge < -0.3 is 39.4 Å². The average Bonchev–Trinajstić information content (AvgIpc) is 3.35. The summed E-state index contributed by atoms with van der Waals surface area (Å²) in [5.74, 6) is -5.58. The van der Waals surface area contributed by atoms with Crippen molar-refractivity contribution in [1.82, 2.24) is 0 Å². The number of aromatic hydroxyl groups is 2. The van der Waals surface area contributed by atoms with E-state index in [2.05, 4.69) is 19.9 Å². The molecular formula is C43H46O15. The van der Waals surface area contributed by atoms with Gasteiger partial charge in [-0.3, -0.25) is 14.4 Å². The number of phenolic OH excluding ortho intramolecular Hbond substituents is 1. The molecule has 0 saturated heterocycles. The van der Waals surface area contributed by atoms with E-state index in [1.165, 1.54) is 32.8 Å². The van der Waals surface area contributed by atoms with Gasteiger partial charge in [-0.05, 0) is 87.2 Å². The third-order valence-electron chi connectivity index (χ3n) is 13.0. The molecule has 0 spiro atoms. The van der Waals surface area contributed by atoms with Crippen LogP contribution in [-0.4, -0.2) is 68.4 Å². The highest BCUT2D eigenvalue weighted by atomic mass is 16.6. The highest BCUT2D eigenvalue weighted by Gasteiger charge is 2.58. The molecule has 2 aromatic carbocycles. The fraction of sp³-hybridized carbons (Fsp3) is 0.465. The molecule has 3 fully saturated rings. The summed E-state index contributed by atoms with van der Waals surface area (Å²) in [7, 11) is 0. The van der Waals surface area contributed by atoms with Crippen LogP contribution in [0.25, 0.3) is 0 Å². The standard InChI is InChI=1S/C22H16O12.C21H30O3/c1-8-5-12(24)10(6-23)19-15(8)22(31)34-20-11(7-32-14(27)4-3-13(25)26)17(28)16(21(29)30)9(2)18(20)33-19;1-13(22)24-15-8-10-20(2)14(12-15)4-5-16-17-6-7-19(23)21(17,3)11-9-18(16)20/h3-6,24,28H,7H2,1-2H3,(H,25,26)(H,29,30);4,15-18H,5-12H2,1-3H3. The first-order valence-corrected chi connectivity index (χ1v) is 19.1. The van der Waals surface area contributed by atoms with Gasteiger partial charge in [-0.25, -0.2) is 19.2 Å². The number of rotatable bonds is 7. The van der Waals surface area contributed by atoms with Crippen LogP contribution in [0, 0.1) is 42.4 Å². The van der Waals surface area contributed by atoms with Crippen molar-refractivity contribution < 1.29 is 72.9 Å². The first kappa shape index (κ1) is 41.6. The molecule has 4 N–H and O–H groups in total.